The van der Waals surface area contributed by atoms with Gasteiger partial charge in [0.05, 0.1) is 18.3 Å². The molecule has 1 atom stereocenters. The number of aliphatic hydroxyl groups excluding tert-OH is 1. The fourth-order valence-corrected chi connectivity index (χ4v) is 5.24. The number of anilines is 3. The van der Waals surface area contributed by atoms with Crippen LogP contribution in [-0.4, -0.2) is 66.5 Å². The van der Waals surface area contributed by atoms with Crippen LogP contribution < -0.4 is 21.5 Å². The summed E-state index contributed by atoms with van der Waals surface area (Å²) in [5, 5.41) is 21.6. The maximum Gasteiger partial charge on any atom is 0.278 e. The molecule has 1 unspecified atom stereocenters. The van der Waals surface area contributed by atoms with Crippen molar-refractivity contribution in [2.45, 2.75) is 25.5 Å². The third-order valence-corrected chi connectivity index (χ3v) is 7.30. The van der Waals surface area contributed by atoms with Crippen molar-refractivity contribution in [2.24, 2.45) is 5.73 Å². The minimum atomic E-state index is -0.616. The Balaban J connectivity index is 1.30. The number of fused-ring (bicyclic) bond motifs is 2. The second-order valence-corrected chi connectivity index (χ2v) is 9.72. The largest absolute Gasteiger partial charge is 0.387 e. The van der Waals surface area contributed by atoms with Crippen LogP contribution in [0, 0.1) is 5.41 Å². The normalized spacial score (nSPS) is 16.9. The number of aryl methyl sites for hydroxylation is 1. The van der Waals surface area contributed by atoms with Gasteiger partial charge in [-0.2, -0.15) is 4.98 Å². The van der Waals surface area contributed by atoms with E-state index >= 15 is 0 Å². The Hall–Kier alpha value is -4.71. The number of piperazine rings is 1. The van der Waals surface area contributed by atoms with Gasteiger partial charge in [0.25, 0.3) is 5.56 Å². The Morgan fingerprint density at radius 2 is 1.92 bits per heavy atom. The highest BCUT2D eigenvalue weighted by atomic mass is 16.3. The van der Waals surface area contributed by atoms with E-state index in [1.807, 2.05) is 41.3 Å². The summed E-state index contributed by atoms with van der Waals surface area (Å²) in [6, 6.07) is 11.8. The average Bonchev–Trinajstić information content (AvgIpc) is 3.45. The lowest BCUT2D eigenvalue weighted by Gasteiger charge is -2.36. The highest BCUT2D eigenvalue weighted by Crippen LogP contribution is 2.30. The first-order valence-electron chi connectivity index (χ1n) is 12.9. The fraction of sp³-hybridized carbons (Fsp3) is 0.296. The number of aromatic nitrogens is 5. The van der Waals surface area contributed by atoms with Crippen LogP contribution in [-0.2, 0) is 13.0 Å². The molecule has 0 amide bonds. The summed E-state index contributed by atoms with van der Waals surface area (Å²) in [4.78, 5) is 31.1. The summed E-state index contributed by atoms with van der Waals surface area (Å²) in [6.07, 6.45) is 3.97. The smallest absolute Gasteiger partial charge is 0.278 e. The number of hydrogen-bond donors (Lipinski definition) is 4. The number of benzene rings is 1. The summed E-state index contributed by atoms with van der Waals surface area (Å²) >= 11 is 0. The first-order chi connectivity index (χ1) is 18.9. The zero-order chi connectivity index (χ0) is 27.1. The van der Waals surface area contributed by atoms with E-state index in [1.165, 1.54) is 10.9 Å². The van der Waals surface area contributed by atoms with Gasteiger partial charge in [-0.25, -0.2) is 19.3 Å². The molecular formula is C27H30N10O2. The van der Waals surface area contributed by atoms with Crippen molar-refractivity contribution in [1.29, 1.82) is 5.41 Å². The topological polar surface area (TPSA) is 154 Å². The molecule has 5 N–H and O–H groups in total. The van der Waals surface area contributed by atoms with Gasteiger partial charge in [0, 0.05) is 43.8 Å². The minimum Gasteiger partial charge on any atom is -0.387 e. The lowest BCUT2D eigenvalue weighted by atomic mass is 10.2. The van der Waals surface area contributed by atoms with Crippen molar-refractivity contribution in [3.63, 3.8) is 0 Å². The second kappa shape index (κ2) is 9.87. The van der Waals surface area contributed by atoms with Gasteiger partial charge in [-0.15, -0.1) is 6.58 Å². The van der Waals surface area contributed by atoms with Gasteiger partial charge >= 0.3 is 0 Å². The molecule has 1 fully saturated rings. The number of nitrogens with zero attached hydrogens (tertiary/aromatic N) is 7. The molecule has 39 heavy (non-hydrogen) atoms. The number of pyridine rings is 1. The van der Waals surface area contributed by atoms with E-state index < -0.39 is 6.10 Å². The highest BCUT2D eigenvalue weighted by molar-refractivity contribution is 5.77. The molecule has 12 nitrogen and oxygen atoms in total. The molecule has 200 valence electrons. The molecule has 1 aliphatic carbocycles. The Labute approximate surface area is 224 Å². The van der Waals surface area contributed by atoms with Gasteiger partial charge < -0.3 is 26.0 Å². The van der Waals surface area contributed by atoms with E-state index in [4.69, 9.17) is 21.1 Å². The molecule has 1 saturated heterocycles. The number of nitrogens with one attached hydrogen (secondary N) is 2. The summed E-state index contributed by atoms with van der Waals surface area (Å²) in [6.45, 7) is 7.08. The quantitative estimate of drug-likeness (QED) is 0.168. The molecule has 2 aliphatic rings. The predicted octanol–water partition coefficient (Wildman–Crippen LogP) is 1.90. The summed E-state index contributed by atoms with van der Waals surface area (Å²) in [7, 11) is 0. The molecule has 0 bridgehead atoms. The Kier molecular flexibility index (Phi) is 6.23. The molecule has 1 aromatic carbocycles. The molecule has 4 heterocycles. The Bertz CT molecular complexity index is 1620. The number of nitrogens with two attached hydrogens (primary N) is 1. The maximum absolute atomic E-state index is 13.2. The van der Waals surface area contributed by atoms with Crippen LogP contribution in [0.2, 0.25) is 0 Å². The van der Waals surface area contributed by atoms with Crippen LogP contribution in [0.1, 0.15) is 23.8 Å². The van der Waals surface area contributed by atoms with Gasteiger partial charge in [0.1, 0.15) is 5.39 Å². The van der Waals surface area contributed by atoms with Crippen LogP contribution in [0.5, 0.6) is 0 Å². The number of aliphatic hydroxyl groups is 1. The van der Waals surface area contributed by atoms with Gasteiger partial charge in [0.2, 0.25) is 5.95 Å². The lowest BCUT2D eigenvalue weighted by molar-refractivity contribution is 0.175. The van der Waals surface area contributed by atoms with Gasteiger partial charge in [-0.05, 0) is 48.7 Å². The maximum atomic E-state index is 13.2. The molecule has 3 aromatic heterocycles. The fourth-order valence-electron chi connectivity index (χ4n) is 5.24. The van der Waals surface area contributed by atoms with Crippen molar-refractivity contribution < 1.29 is 5.11 Å². The van der Waals surface area contributed by atoms with Crippen LogP contribution in [0.4, 0.5) is 17.3 Å². The first-order valence-corrected chi connectivity index (χ1v) is 12.9. The molecule has 0 radical (unpaired) electrons. The van der Waals surface area contributed by atoms with Gasteiger partial charge in [-0.1, -0.05) is 12.1 Å². The zero-order valence-electron chi connectivity index (χ0n) is 21.4. The Morgan fingerprint density at radius 1 is 1.15 bits per heavy atom. The highest BCUT2D eigenvalue weighted by Gasteiger charge is 2.24. The second-order valence-electron chi connectivity index (χ2n) is 9.72. The molecule has 4 aromatic rings. The van der Waals surface area contributed by atoms with Crippen LogP contribution in [0.15, 0.2) is 60.0 Å². The van der Waals surface area contributed by atoms with Crippen molar-refractivity contribution >= 4 is 34.3 Å². The van der Waals surface area contributed by atoms with Gasteiger partial charge in [0.15, 0.2) is 17.4 Å². The summed E-state index contributed by atoms with van der Waals surface area (Å²) < 4.78 is 3.19. The number of rotatable bonds is 6. The SMILES string of the molecule is C=CCn1c(=O)c2cnc(Nc3ccc(N4CCN(C(=N)N)CC4)cc3)nc2n1-c1ccc2c(n1)C(O)CC2. The Morgan fingerprint density at radius 3 is 2.64 bits per heavy atom. The molecule has 0 saturated carbocycles. The minimum absolute atomic E-state index is 0.112. The van der Waals surface area contributed by atoms with E-state index in [0.29, 0.717) is 48.0 Å². The third kappa shape index (κ3) is 4.48. The van der Waals surface area contributed by atoms with Crippen molar-refractivity contribution in [3.8, 4) is 5.82 Å². The van der Waals surface area contributed by atoms with Crippen molar-refractivity contribution in [2.75, 3.05) is 36.4 Å². The van der Waals surface area contributed by atoms with Crippen LogP contribution in [0.25, 0.3) is 16.9 Å². The number of guanidine groups is 1. The van der Waals surface area contributed by atoms with E-state index in [0.717, 1.165) is 36.4 Å². The van der Waals surface area contributed by atoms with E-state index in [9.17, 15) is 9.90 Å². The van der Waals surface area contributed by atoms with Crippen LogP contribution >= 0.6 is 0 Å². The van der Waals surface area contributed by atoms with E-state index in [-0.39, 0.29) is 18.1 Å². The summed E-state index contributed by atoms with van der Waals surface area (Å²) in [5.41, 5.74) is 9.32. The molecule has 1 aliphatic heterocycles. The summed E-state index contributed by atoms with van der Waals surface area (Å²) in [5.74, 6) is 0.958. The first kappa shape index (κ1) is 24.6. The monoisotopic (exact) mass is 526 g/mol. The van der Waals surface area contributed by atoms with Crippen molar-refractivity contribution in [1.82, 2.24) is 29.2 Å². The van der Waals surface area contributed by atoms with E-state index in [1.54, 1.807) is 10.8 Å². The van der Waals surface area contributed by atoms with Gasteiger partial charge in [-0.3, -0.25) is 10.2 Å². The molecule has 12 heteroatoms. The third-order valence-electron chi connectivity index (χ3n) is 7.30. The molecule has 0 spiro atoms. The van der Waals surface area contributed by atoms with E-state index in [2.05, 4.69) is 21.8 Å². The lowest BCUT2D eigenvalue weighted by Crippen LogP contribution is -2.50. The van der Waals surface area contributed by atoms with Crippen molar-refractivity contribution in [3.05, 3.63) is 76.9 Å². The average molecular weight is 527 g/mol. The number of hydrogen-bond acceptors (Lipinski definition) is 8. The molecule has 6 rings (SSSR count). The molecular weight excluding hydrogens is 496 g/mol. The van der Waals surface area contributed by atoms with Crippen LogP contribution in [0.3, 0.4) is 0 Å². The zero-order valence-corrected chi connectivity index (χ0v) is 21.4. The number of allylic oxidation sites excluding steroid dienone is 1. The predicted molar refractivity (Wildman–Crippen MR) is 150 cm³/mol. The standard InChI is InChI=1S/C27H30N10O2/c1-2-11-36-25(39)20-16-30-27(33-24(20)37(36)22-10-4-17-3-9-21(38)23(17)32-22)31-18-5-7-19(8-6-18)34-12-14-35(15-13-34)26(28)29/h2,4-8,10,16,21,38H,1,3,9,11-15H2,(H3,28,29)(H,30,31,33).